The molecule has 4 nitrogen and oxygen atoms in total. The fourth-order valence-corrected chi connectivity index (χ4v) is 4.44. The molecule has 0 fully saturated rings. The average Bonchev–Trinajstić information content (AvgIpc) is 2.96. The summed E-state index contributed by atoms with van der Waals surface area (Å²) in [5, 5.41) is 0. The standard InChI is InChI=1S/C34H36N2O2/c1-25(2)27-15-19-29(20-16-27)33(37)35(31-11-7-5-8-12-31)23-24-36(32-13-9-6-10-14-32)34(38)30-21-17-28(18-22-30)26(3)4/h5-22,25-26H,23-24H2,1-4H3. The molecular weight excluding hydrogens is 468 g/mol. The third-order valence-electron chi connectivity index (χ3n) is 6.82. The van der Waals surface area contributed by atoms with Crippen LogP contribution in [0.25, 0.3) is 0 Å². The predicted octanol–water partition coefficient (Wildman–Crippen LogP) is 7.93. The van der Waals surface area contributed by atoms with Crippen LogP contribution in [0.5, 0.6) is 0 Å². The molecule has 0 spiro atoms. The molecule has 0 aliphatic carbocycles. The summed E-state index contributed by atoms with van der Waals surface area (Å²) in [7, 11) is 0. The molecule has 0 aliphatic heterocycles. The quantitative estimate of drug-likeness (QED) is 0.232. The molecule has 0 N–H and O–H groups in total. The van der Waals surface area contributed by atoms with Crippen molar-refractivity contribution in [3.05, 3.63) is 131 Å². The number of carbonyl (C=O) groups is 2. The number of nitrogens with zero attached hydrogens (tertiary/aromatic N) is 2. The molecule has 0 aliphatic rings. The second-order valence-corrected chi connectivity index (χ2v) is 10.1. The van der Waals surface area contributed by atoms with Gasteiger partial charge in [0.15, 0.2) is 0 Å². The molecule has 4 aromatic rings. The zero-order chi connectivity index (χ0) is 27.1. The summed E-state index contributed by atoms with van der Waals surface area (Å²) in [5.74, 6) is 0.607. The molecule has 0 saturated heterocycles. The molecule has 4 rings (SSSR count). The number of anilines is 2. The summed E-state index contributed by atoms with van der Waals surface area (Å²) < 4.78 is 0. The highest BCUT2D eigenvalue weighted by atomic mass is 16.2. The van der Waals surface area contributed by atoms with Crippen molar-refractivity contribution in [2.24, 2.45) is 0 Å². The van der Waals surface area contributed by atoms with Crippen LogP contribution in [0.2, 0.25) is 0 Å². The molecule has 0 saturated carbocycles. The molecule has 0 aromatic heterocycles. The number of amides is 2. The highest BCUT2D eigenvalue weighted by molar-refractivity contribution is 6.08. The van der Waals surface area contributed by atoms with Crippen LogP contribution in [0.3, 0.4) is 0 Å². The minimum atomic E-state index is -0.0896. The van der Waals surface area contributed by atoms with Gasteiger partial charge in [-0.25, -0.2) is 0 Å². The molecule has 0 unspecified atom stereocenters. The minimum absolute atomic E-state index is 0.0896. The number of rotatable bonds is 9. The van der Waals surface area contributed by atoms with Gasteiger partial charge in [0.25, 0.3) is 11.8 Å². The van der Waals surface area contributed by atoms with E-state index in [9.17, 15) is 9.59 Å². The van der Waals surface area contributed by atoms with Crippen molar-refractivity contribution in [3.8, 4) is 0 Å². The molecule has 0 bridgehead atoms. The van der Waals surface area contributed by atoms with Crippen molar-refractivity contribution in [3.63, 3.8) is 0 Å². The maximum absolute atomic E-state index is 13.7. The second-order valence-electron chi connectivity index (χ2n) is 10.1. The van der Waals surface area contributed by atoms with Gasteiger partial charge in [-0.3, -0.25) is 9.59 Å². The molecule has 2 amide bonds. The van der Waals surface area contributed by atoms with E-state index in [-0.39, 0.29) is 11.8 Å². The lowest BCUT2D eigenvalue weighted by atomic mass is 10.0. The summed E-state index contributed by atoms with van der Waals surface area (Å²) in [4.78, 5) is 31.0. The third-order valence-corrected chi connectivity index (χ3v) is 6.82. The SMILES string of the molecule is CC(C)c1ccc(C(=O)N(CCN(C(=O)c2ccc(C(C)C)cc2)c2ccccc2)c2ccccc2)cc1. The van der Waals surface area contributed by atoms with Crippen molar-refractivity contribution in [1.82, 2.24) is 0 Å². The summed E-state index contributed by atoms with van der Waals surface area (Å²) in [5.41, 5.74) is 5.23. The van der Waals surface area contributed by atoms with E-state index >= 15 is 0 Å². The first-order valence-electron chi connectivity index (χ1n) is 13.3. The number of para-hydroxylation sites is 2. The van der Waals surface area contributed by atoms with E-state index in [1.807, 2.05) is 109 Å². The molecule has 194 valence electrons. The van der Waals surface area contributed by atoms with E-state index in [0.29, 0.717) is 36.1 Å². The minimum Gasteiger partial charge on any atom is -0.307 e. The Morgan fingerprint density at radius 2 is 0.816 bits per heavy atom. The first-order valence-corrected chi connectivity index (χ1v) is 13.3. The Bertz CT molecular complexity index is 1220. The van der Waals surface area contributed by atoms with E-state index in [2.05, 4.69) is 27.7 Å². The summed E-state index contributed by atoms with van der Waals surface area (Å²) >= 11 is 0. The molecule has 4 aromatic carbocycles. The van der Waals surface area contributed by atoms with E-state index in [0.717, 1.165) is 11.4 Å². The number of benzene rings is 4. The Balaban J connectivity index is 1.63. The van der Waals surface area contributed by atoms with Crippen LogP contribution in [-0.4, -0.2) is 24.9 Å². The van der Waals surface area contributed by atoms with Crippen molar-refractivity contribution < 1.29 is 9.59 Å². The van der Waals surface area contributed by atoms with Crippen molar-refractivity contribution in [1.29, 1.82) is 0 Å². The van der Waals surface area contributed by atoms with Crippen molar-refractivity contribution in [2.45, 2.75) is 39.5 Å². The van der Waals surface area contributed by atoms with Gasteiger partial charge in [0.2, 0.25) is 0 Å². The van der Waals surface area contributed by atoms with Crippen LogP contribution in [0.1, 0.15) is 71.4 Å². The van der Waals surface area contributed by atoms with Crippen LogP contribution in [0.4, 0.5) is 11.4 Å². The summed E-state index contributed by atoms with van der Waals surface area (Å²) in [6.45, 7) is 9.24. The van der Waals surface area contributed by atoms with E-state index in [1.165, 1.54) is 11.1 Å². The van der Waals surface area contributed by atoms with Crippen LogP contribution >= 0.6 is 0 Å². The second kappa shape index (κ2) is 12.4. The molecule has 0 atom stereocenters. The van der Waals surface area contributed by atoms with Crippen molar-refractivity contribution >= 4 is 23.2 Å². The van der Waals surface area contributed by atoms with Crippen LogP contribution in [-0.2, 0) is 0 Å². The molecule has 4 heteroatoms. The van der Waals surface area contributed by atoms with Crippen LogP contribution in [0.15, 0.2) is 109 Å². The normalized spacial score (nSPS) is 11.0. The maximum atomic E-state index is 13.7. The van der Waals surface area contributed by atoms with E-state index in [1.54, 1.807) is 9.80 Å². The van der Waals surface area contributed by atoms with Crippen LogP contribution < -0.4 is 9.80 Å². The smallest absolute Gasteiger partial charge is 0.258 e. The van der Waals surface area contributed by atoms with Gasteiger partial charge >= 0.3 is 0 Å². The van der Waals surface area contributed by atoms with Gasteiger partial charge in [-0.1, -0.05) is 88.4 Å². The Kier molecular flexibility index (Phi) is 8.75. The molecule has 38 heavy (non-hydrogen) atoms. The van der Waals surface area contributed by atoms with Gasteiger partial charge in [-0.05, 0) is 71.5 Å². The Morgan fingerprint density at radius 1 is 0.500 bits per heavy atom. The summed E-state index contributed by atoms with van der Waals surface area (Å²) in [6.07, 6.45) is 0. The van der Waals surface area contributed by atoms with Gasteiger partial charge < -0.3 is 9.80 Å². The molecule has 0 radical (unpaired) electrons. The third kappa shape index (κ3) is 6.38. The van der Waals surface area contributed by atoms with E-state index in [4.69, 9.17) is 0 Å². The predicted molar refractivity (Wildman–Crippen MR) is 157 cm³/mol. The zero-order valence-electron chi connectivity index (χ0n) is 22.7. The Labute approximate surface area is 226 Å². The lowest BCUT2D eigenvalue weighted by Gasteiger charge is -2.28. The zero-order valence-corrected chi connectivity index (χ0v) is 22.7. The highest BCUT2D eigenvalue weighted by Gasteiger charge is 2.23. The fourth-order valence-electron chi connectivity index (χ4n) is 4.44. The van der Waals surface area contributed by atoms with Gasteiger partial charge in [0, 0.05) is 35.6 Å². The highest BCUT2D eigenvalue weighted by Crippen LogP contribution is 2.23. The van der Waals surface area contributed by atoms with Crippen molar-refractivity contribution in [2.75, 3.05) is 22.9 Å². The Morgan fingerprint density at radius 3 is 1.11 bits per heavy atom. The lowest BCUT2D eigenvalue weighted by Crippen LogP contribution is -2.41. The monoisotopic (exact) mass is 504 g/mol. The Hall–Kier alpha value is -4.18. The maximum Gasteiger partial charge on any atom is 0.258 e. The topological polar surface area (TPSA) is 40.6 Å². The number of hydrogen-bond acceptors (Lipinski definition) is 2. The molecule has 0 heterocycles. The lowest BCUT2D eigenvalue weighted by molar-refractivity contribution is 0.0968. The number of carbonyl (C=O) groups excluding carboxylic acids is 2. The van der Waals surface area contributed by atoms with Crippen LogP contribution in [0, 0.1) is 0 Å². The molecular formula is C34H36N2O2. The fraction of sp³-hybridized carbons (Fsp3) is 0.235. The number of hydrogen-bond donors (Lipinski definition) is 0. The first-order chi connectivity index (χ1) is 18.3. The first kappa shape index (κ1) is 26.9. The van der Waals surface area contributed by atoms with Gasteiger partial charge in [-0.2, -0.15) is 0 Å². The van der Waals surface area contributed by atoms with Gasteiger partial charge in [0.1, 0.15) is 0 Å². The average molecular weight is 505 g/mol. The largest absolute Gasteiger partial charge is 0.307 e. The van der Waals surface area contributed by atoms with Gasteiger partial charge in [0.05, 0.1) is 0 Å². The van der Waals surface area contributed by atoms with E-state index < -0.39 is 0 Å². The van der Waals surface area contributed by atoms with Gasteiger partial charge in [-0.15, -0.1) is 0 Å². The summed E-state index contributed by atoms with van der Waals surface area (Å²) in [6, 6.07) is 34.9.